The largest absolute Gasteiger partial charge is 0.287 e. The Balaban J connectivity index is 1.92. The number of amides is 1. The second kappa shape index (κ2) is 8.57. The summed E-state index contributed by atoms with van der Waals surface area (Å²) in [5.74, 6) is 0.0392. The predicted molar refractivity (Wildman–Crippen MR) is 106 cm³/mol. The van der Waals surface area contributed by atoms with E-state index in [1.165, 1.54) is 18.2 Å². The summed E-state index contributed by atoms with van der Waals surface area (Å²) < 4.78 is 29.5. The third kappa shape index (κ3) is 4.31. The van der Waals surface area contributed by atoms with Crippen molar-refractivity contribution in [2.24, 2.45) is 4.40 Å². The maximum Gasteiger partial charge on any atom is 0.284 e. The van der Waals surface area contributed by atoms with Crippen LogP contribution in [0.25, 0.3) is 0 Å². The molecule has 1 heterocycles. The smallest absolute Gasteiger partial charge is 0.284 e. The molecular formula is C19H26N2O3S2. The second-order valence-corrected chi connectivity index (χ2v) is 9.68. The third-order valence-electron chi connectivity index (χ3n) is 4.97. The first kappa shape index (κ1) is 19.4. The van der Waals surface area contributed by atoms with Crippen molar-refractivity contribution in [3.05, 3.63) is 30.3 Å². The van der Waals surface area contributed by atoms with Crippen molar-refractivity contribution in [2.75, 3.05) is 0 Å². The monoisotopic (exact) mass is 394 g/mol. The molecule has 2 aliphatic rings. The van der Waals surface area contributed by atoms with Crippen LogP contribution in [0, 0.1) is 0 Å². The van der Waals surface area contributed by atoms with Gasteiger partial charge in [0.05, 0.1) is 10.1 Å². The number of sulfonamides is 1. The van der Waals surface area contributed by atoms with E-state index in [2.05, 4.69) is 11.3 Å². The summed E-state index contributed by atoms with van der Waals surface area (Å²) in [5.41, 5.74) is 0. The van der Waals surface area contributed by atoms with Crippen LogP contribution in [-0.2, 0) is 14.8 Å². The molecule has 0 aromatic heterocycles. The minimum absolute atomic E-state index is 0.0392. The van der Waals surface area contributed by atoms with Crippen molar-refractivity contribution in [1.29, 1.82) is 0 Å². The Bertz CT molecular complexity index is 756. The molecule has 1 aromatic rings. The van der Waals surface area contributed by atoms with Crippen molar-refractivity contribution in [3.8, 4) is 0 Å². The summed E-state index contributed by atoms with van der Waals surface area (Å²) in [4.78, 5) is 14.8. The van der Waals surface area contributed by atoms with Crippen molar-refractivity contribution in [3.63, 3.8) is 0 Å². The summed E-state index contributed by atoms with van der Waals surface area (Å²) in [6.45, 7) is 2.10. The molecule has 0 N–H and O–H groups in total. The third-order valence-corrected chi connectivity index (χ3v) is 7.58. The molecule has 2 fully saturated rings. The van der Waals surface area contributed by atoms with Crippen molar-refractivity contribution < 1.29 is 13.2 Å². The number of carbonyl (C=O) groups is 1. The minimum Gasteiger partial charge on any atom is -0.287 e. The normalized spacial score (nSPS) is 23.7. The van der Waals surface area contributed by atoms with Crippen LogP contribution >= 0.6 is 11.8 Å². The lowest BCUT2D eigenvalue weighted by atomic mass is 9.94. The molecule has 1 saturated heterocycles. The fraction of sp³-hybridized carbons (Fsp3) is 0.579. The first-order valence-electron chi connectivity index (χ1n) is 9.42. The second-order valence-electron chi connectivity index (χ2n) is 6.91. The Morgan fingerprint density at radius 3 is 2.50 bits per heavy atom. The molecule has 3 rings (SSSR count). The average molecular weight is 395 g/mol. The zero-order valence-corrected chi connectivity index (χ0v) is 16.8. The van der Waals surface area contributed by atoms with Crippen LogP contribution in [0.3, 0.4) is 0 Å². The molecule has 1 aliphatic heterocycles. The van der Waals surface area contributed by atoms with Crippen molar-refractivity contribution in [1.82, 2.24) is 4.90 Å². The van der Waals surface area contributed by atoms with Crippen LogP contribution in [-0.4, -0.2) is 35.7 Å². The molecule has 142 valence electrons. The zero-order chi connectivity index (χ0) is 18.6. The molecule has 5 nitrogen and oxygen atoms in total. The van der Waals surface area contributed by atoms with Crippen molar-refractivity contribution >= 4 is 32.9 Å². The molecule has 1 saturated carbocycles. The van der Waals surface area contributed by atoms with Gasteiger partial charge in [0.2, 0.25) is 5.91 Å². The van der Waals surface area contributed by atoms with Gasteiger partial charge in [-0.2, -0.15) is 8.42 Å². The number of hydrogen-bond acceptors (Lipinski definition) is 4. The van der Waals surface area contributed by atoms with Gasteiger partial charge in [0, 0.05) is 6.04 Å². The van der Waals surface area contributed by atoms with E-state index in [4.69, 9.17) is 0 Å². The van der Waals surface area contributed by atoms with E-state index in [1.54, 1.807) is 35.2 Å². The van der Waals surface area contributed by atoms with Gasteiger partial charge in [-0.3, -0.25) is 9.69 Å². The van der Waals surface area contributed by atoms with E-state index >= 15 is 0 Å². The quantitative estimate of drug-likeness (QED) is 0.725. The van der Waals surface area contributed by atoms with Crippen LogP contribution in [0.2, 0.25) is 0 Å². The Hall–Kier alpha value is -1.34. The maximum atomic E-state index is 13.0. The molecular weight excluding hydrogens is 368 g/mol. The summed E-state index contributed by atoms with van der Waals surface area (Å²) in [6, 6.07) is 8.31. The molecule has 0 radical (unpaired) electrons. The van der Waals surface area contributed by atoms with Gasteiger partial charge in [0.1, 0.15) is 0 Å². The summed E-state index contributed by atoms with van der Waals surface area (Å²) in [5, 5.41) is 0.161. The highest BCUT2D eigenvalue weighted by Gasteiger charge is 2.42. The Morgan fingerprint density at radius 1 is 1.15 bits per heavy atom. The topological polar surface area (TPSA) is 66.8 Å². The summed E-state index contributed by atoms with van der Waals surface area (Å²) in [7, 11) is -3.81. The number of rotatable bonds is 6. The fourth-order valence-electron chi connectivity index (χ4n) is 3.54. The van der Waals surface area contributed by atoms with Crippen LogP contribution in [0.15, 0.2) is 39.6 Å². The molecule has 1 aromatic carbocycles. The molecule has 26 heavy (non-hydrogen) atoms. The van der Waals surface area contributed by atoms with Gasteiger partial charge in [-0.25, -0.2) is 0 Å². The lowest BCUT2D eigenvalue weighted by Crippen LogP contribution is -2.42. The van der Waals surface area contributed by atoms with Gasteiger partial charge in [-0.05, 0) is 31.4 Å². The van der Waals surface area contributed by atoms with Gasteiger partial charge in [0.15, 0.2) is 5.17 Å². The maximum absolute atomic E-state index is 13.0. The van der Waals surface area contributed by atoms with Gasteiger partial charge in [0.25, 0.3) is 10.0 Å². The first-order valence-corrected chi connectivity index (χ1v) is 11.7. The SMILES string of the molecule is CCCCC1SC(=NS(=O)(=O)c2ccccc2)N(C2CCCCC2)C1=O. The van der Waals surface area contributed by atoms with Crippen LogP contribution in [0.1, 0.15) is 58.3 Å². The molecule has 1 amide bonds. The summed E-state index contributed by atoms with van der Waals surface area (Å²) in [6.07, 6.45) is 7.94. The van der Waals surface area contributed by atoms with E-state index < -0.39 is 10.0 Å². The fourth-order valence-corrected chi connectivity index (χ4v) is 6.02. The van der Waals surface area contributed by atoms with Crippen molar-refractivity contribution in [2.45, 2.75) is 74.5 Å². The molecule has 0 bridgehead atoms. The molecule has 1 unspecified atom stereocenters. The summed E-state index contributed by atoms with van der Waals surface area (Å²) >= 11 is 1.33. The van der Waals surface area contributed by atoms with E-state index in [-0.39, 0.29) is 22.1 Å². The standard InChI is InChI=1S/C19H26N2O3S2/c1-2-3-14-17-18(22)21(15-10-6-4-7-11-15)19(25-17)20-26(23,24)16-12-8-5-9-13-16/h5,8-9,12-13,15,17H,2-4,6-7,10-11,14H2,1H3. The lowest BCUT2D eigenvalue weighted by Gasteiger charge is -2.30. The number of benzene rings is 1. The Kier molecular flexibility index (Phi) is 6.40. The Morgan fingerprint density at radius 2 is 1.85 bits per heavy atom. The number of amidine groups is 1. The molecule has 0 spiro atoms. The molecule has 7 heteroatoms. The Labute approximate surface area is 160 Å². The van der Waals surface area contributed by atoms with Crippen LogP contribution < -0.4 is 0 Å². The average Bonchev–Trinajstić information content (AvgIpc) is 2.96. The van der Waals surface area contributed by atoms with Gasteiger partial charge >= 0.3 is 0 Å². The van der Waals surface area contributed by atoms with E-state index in [0.29, 0.717) is 5.17 Å². The van der Waals surface area contributed by atoms with Gasteiger partial charge < -0.3 is 0 Å². The zero-order valence-electron chi connectivity index (χ0n) is 15.1. The van der Waals surface area contributed by atoms with Crippen LogP contribution in [0.4, 0.5) is 0 Å². The van der Waals surface area contributed by atoms with E-state index in [9.17, 15) is 13.2 Å². The number of carbonyl (C=O) groups excluding carboxylic acids is 1. The number of hydrogen-bond donors (Lipinski definition) is 0. The van der Waals surface area contributed by atoms with E-state index in [0.717, 1.165) is 44.9 Å². The highest BCUT2D eigenvalue weighted by atomic mass is 32.2. The van der Waals surface area contributed by atoms with Gasteiger partial charge in [-0.1, -0.05) is 69.0 Å². The first-order chi connectivity index (χ1) is 12.5. The van der Waals surface area contributed by atoms with E-state index in [1.807, 2.05) is 0 Å². The molecule has 1 aliphatic carbocycles. The predicted octanol–water partition coefficient (Wildman–Crippen LogP) is 4.20. The highest BCUT2D eigenvalue weighted by molar-refractivity contribution is 8.16. The minimum atomic E-state index is -3.81. The number of nitrogens with zero attached hydrogens (tertiary/aromatic N) is 2. The lowest BCUT2D eigenvalue weighted by molar-refractivity contribution is -0.128. The number of unbranched alkanes of at least 4 members (excludes halogenated alkanes) is 1. The van der Waals surface area contributed by atoms with Crippen LogP contribution in [0.5, 0.6) is 0 Å². The highest BCUT2D eigenvalue weighted by Crippen LogP contribution is 2.36. The molecule has 1 atom stereocenters. The van der Waals surface area contributed by atoms with Gasteiger partial charge in [-0.15, -0.1) is 4.40 Å². The number of thioether (sulfide) groups is 1.